The molecule has 0 aliphatic rings. The summed E-state index contributed by atoms with van der Waals surface area (Å²) in [6, 6.07) is 18.3. The number of nitrogens with one attached hydrogen (secondary N) is 2. The minimum Gasteiger partial charge on any atom is -0.506 e. The van der Waals surface area contributed by atoms with Crippen LogP contribution in [0, 0.1) is 0 Å². The lowest BCUT2D eigenvalue weighted by atomic mass is 10.2. The Morgan fingerprint density at radius 2 is 1.13 bits per heavy atom. The van der Waals surface area contributed by atoms with Crippen molar-refractivity contribution in [3.8, 4) is 11.5 Å². The van der Waals surface area contributed by atoms with E-state index in [0.29, 0.717) is 17.0 Å². The van der Waals surface area contributed by atoms with Gasteiger partial charge in [0.15, 0.2) is 0 Å². The predicted octanol–water partition coefficient (Wildman–Crippen LogP) is 6.93. The fraction of sp³-hybridized carbons (Fsp3) is 0.333. The molecule has 0 aromatic heterocycles. The molecule has 12 heteroatoms. The molecule has 0 radical (unpaired) electrons. The Labute approximate surface area is 262 Å². The lowest BCUT2D eigenvalue weighted by Crippen LogP contribution is -2.27. The van der Waals surface area contributed by atoms with Gasteiger partial charge in [-0.3, -0.25) is 10.6 Å². The van der Waals surface area contributed by atoms with Crippen LogP contribution in [0.1, 0.15) is 67.8 Å². The van der Waals surface area contributed by atoms with Crippen LogP contribution in [0.2, 0.25) is 0 Å². The highest BCUT2D eigenvalue weighted by Crippen LogP contribution is 2.28. The number of esters is 2. The molecule has 2 amide bonds. The smallest absolute Gasteiger partial charge is 0.412 e. The van der Waals surface area contributed by atoms with Gasteiger partial charge in [0.1, 0.15) is 29.3 Å². The van der Waals surface area contributed by atoms with E-state index < -0.39 is 35.3 Å². The molecule has 3 aromatic carbocycles. The number of ether oxygens (including phenoxy) is 5. The first-order valence-electron chi connectivity index (χ1n) is 13.8. The van der Waals surface area contributed by atoms with Crippen molar-refractivity contribution in [2.45, 2.75) is 59.4 Å². The normalized spacial score (nSPS) is 10.8. The average Bonchev–Trinajstić information content (AvgIpc) is 2.95. The van der Waals surface area contributed by atoms with E-state index in [1.165, 1.54) is 38.5 Å². The summed E-state index contributed by atoms with van der Waals surface area (Å²) in [6.07, 6.45) is -1.29. The molecular weight excluding hydrogens is 584 g/mol. The maximum Gasteiger partial charge on any atom is 0.412 e. The Balaban J connectivity index is 0.000000330. The van der Waals surface area contributed by atoms with Crippen LogP contribution in [-0.4, -0.2) is 54.7 Å². The standard InChI is InChI=1S/C20H23NO5.C13H17NO5/c1-20(2,3)26-19(23)21-16-11-10-15(18(22)24-4)12-17(16)25-13-14-8-6-5-7-9-14;1-13(2,3)19-12(17)14-9-6-5-8(7-10(9)15)11(16)18-4/h5-12H,13H2,1-4H3,(H,21,23);5-7,15H,1-4H3,(H,14,17). The summed E-state index contributed by atoms with van der Waals surface area (Å²) in [6.45, 7) is 10.8. The van der Waals surface area contributed by atoms with Crippen LogP contribution < -0.4 is 15.4 Å². The molecule has 12 nitrogen and oxygen atoms in total. The largest absolute Gasteiger partial charge is 0.506 e. The topological polar surface area (TPSA) is 159 Å². The van der Waals surface area contributed by atoms with Crippen LogP contribution in [0.4, 0.5) is 21.0 Å². The number of hydrogen-bond donors (Lipinski definition) is 3. The van der Waals surface area contributed by atoms with Gasteiger partial charge in [0.25, 0.3) is 0 Å². The third kappa shape index (κ3) is 12.9. The van der Waals surface area contributed by atoms with Gasteiger partial charge >= 0.3 is 24.1 Å². The Morgan fingerprint density at radius 3 is 1.60 bits per heavy atom. The summed E-state index contributed by atoms with van der Waals surface area (Å²) < 4.78 is 25.4. The fourth-order valence-corrected chi connectivity index (χ4v) is 3.43. The van der Waals surface area contributed by atoms with Gasteiger partial charge in [-0.25, -0.2) is 19.2 Å². The second kappa shape index (κ2) is 16.0. The molecule has 3 aromatic rings. The van der Waals surface area contributed by atoms with E-state index in [0.717, 1.165) is 5.56 Å². The first kappa shape index (κ1) is 35.9. The summed E-state index contributed by atoms with van der Waals surface area (Å²) in [4.78, 5) is 46.6. The molecule has 0 atom stereocenters. The van der Waals surface area contributed by atoms with Crippen molar-refractivity contribution in [3.05, 3.63) is 83.4 Å². The summed E-state index contributed by atoms with van der Waals surface area (Å²) in [7, 11) is 2.55. The number of rotatable bonds is 7. The third-order valence-electron chi connectivity index (χ3n) is 5.33. The maximum atomic E-state index is 12.0. The van der Waals surface area contributed by atoms with Crippen molar-refractivity contribution in [3.63, 3.8) is 0 Å². The molecular formula is C33H40N2O10. The molecule has 0 aliphatic carbocycles. The Bertz CT molecular complexity index is 1480. The van der Waals surface area contributed by atoms with E-state index in [1.807, 2.05) is 30.3 Å². The van der Waals surface area contributed by atoms with Gasteiger partial charge in [0, 0.05) is 0 Å². The minimum atomic E-state index is -0.686. The molecule has 45 heavy (non-hydrogen) atoms. The average molecular weight is 625 g/mol. The maximum absolute atomic E-state index is 12.0. The summed E-state index contributed by atoms with van der Waals surface area (Å²) >= 11 is 0. The van der Waals surface area contributed by atoms with Crippen molar-refractivity contribution in [1.82, 2.24) is 0 Å². The second-order valence-electron chi connectivity index (χ2n) is 11.5. The van der Waals surface area contributed by atoms with Crippen LogP contribution in [0.5, 0.6) is 11.5 Å². The van der Waals surface area contributed by atoms with Gasteiger partial charge < -0.3 is 28.8 Å². The van der Waals surface area contributed by atoms with E-state index in [2.05, 4.69) is 15.4 Å². The highest BCUT2D eigenvalue weighted by molar-refractivity contribution is 5.93. The third-order valence-corrected chi connectivity index (χ3v) is 5.33. The van der Waals surface area contributed by atoms with E-state index in [9.17, 15) is 24.3 Å². The number of amides is 2. The van der Waals surface area contributed by atoms with Crippen LogP contribution in [0.25, 0.3) is 0 Å². The summed E-state index contributed by atoms with van der Waals surface area (Å²) in [5, 5.41) is 14.7. The van der Waals surface area contributed by atoms with Crippen molar-refractivity contribution >= 4 is 35.5 Å². The Hall–Kier alpha value is -5.26. The highest BCUT2D eigenvalue weighted by atomic mass is 16.6. The number of phenolic OH excluding ortho intramolecular Hbond substituents is 1. The number of carbonyl (C=O) groups excluding carboxylic acids is 4. The highest BCUT2D eigenvalue weighted by Gasteiger charge is 2.20. The van der Waals surface area contributed by atoms with Crippen molar-refractivity contribution in [2.24, 2.45) is 0 Å². The van der Waals surface area contributed by atoms with Crippen LogP contribution in [0.3, 0.4) is 0 Å². The van der Waals surface area contributed by atoms with Crippen molar-refractivity contribution in [2.75, 3.05) is 24.9 Å². The van der Waals surface area contributed by atoms with E-state index >= 15 is 0 Å². The summed E-state index contributed by atoms with van der Waals surface area (Å²) in [5.41, 5.74) is 0.774. The monoisotopic (exact) mass is 624 g/mol. The molecule has 3 N–H and O–H groups in total. The van der Waals surface area contributed by atoms with Crippen LogP contribution >= 0.6 is 0 Å². The summed E-state index contributed by atoms with van der Waals surface area (Å²) in [5.74, 6) is -0.950. The molecule has 0 saturated heterocycles. The Kier molecular flexibility index (Phi) is 12.8. The molecule has 0 spiro atoms. The van der Waals surface area contributed by atoms with Crippen molar-refractivity contribution in [1.29, 1.82) is 0 Å². The first-order chi connectivity index (χ1) is 21.0. The molecule has 0 unspecified atom stereocenters. The lowest BCUT2D eigenvalue weighted by molar-refractivity contribution is 0.0591. The molecule has 0 fully saturated rings. The predicted molar refractivity (Wildman–Crippen MR) is 168 cm³/mol. The Morgan fingerprint density at radius 1 is 0.667 bits per heavy atom. The quantitative estimate of drug-likeness (QED) is 0.143. The zero-order chi connectivity index (χ0) is 33.8. The van der Waals surface area contributed by atoms with Crippen LogP contribution in [0.15, 0.2) is 66.7 Å². The number of phenols is 1. The SMILES string of the molecule is COC(=O)c1ccc(NC(=O)OC(C)(C)C)c(O)c1.COC(=O)c1ccc(NC(=O)OC(C)(C)C)c(OCc2ccccc2)c1. The zero-order valence-corrected chi connectivity index (χ0v) is 26.7. The van der Waals surface area contributed by atoms with Gasteiger partial charge in [-0.05, 0) is 83.5 Å². The number of hydrogen-bond acceptors (Lipinski definition) is 10. The van der Waals surface area contributed by atoms with Gasteiger partial charge in [-0.1, -0.05) is 30.3 Å². The van der Waals surface area contributed by atoms with Gasteiger partial charge in [-0.15, -0.1) is 0 Å². The lowest BCUT2D eigenvalue weighted by Gasteiger charge is -2.20. The van der Waals surface area contributed by atoms with E-state index in [4.69, 9.17) is 18.9 Å². The number of aromatic hydroxyl groups is 1. The van der Waals surface area contributed by atoms with Gasteiger partial charge in [-0.2, -0.15) is 0 Å². The van der Waals surface area contributed by atoms with E-state index in [-0.39, 0.29) is 23.6 Å². The van der Waals surface area contributed by atoms with Crippen molar-refractivity contribution < 1.29 is 48.0 Å². The molecule has 242 valence electrons. The number of carbonyl (C=O) groups is 4. The van der Waals surface area contributed by atoms with E-state index in [1.54, 1.807) is 53.7 Å². The molecule has 3 rings (SSSR count). The number of methoxy groups -OCH3 is 2. The second-order valence-corrected chi connectivity index (χ2v) is 11.5. The minimum absolute atomic E-state index is 0.155. The number of anilines is 2. The zero-order valence-electron chi connectivity index (χ0n) is 26.7. The fourth-order valence-electron chi connectivity index (χ4n) is 3.43. The molecule has 0 heterocycles. The van der Waals surface area contributed by atoms with Gasteiger partial charge in [0.05, 0.1) is 36.7 Å². The first-order valence-corrected chi connectivity index (χ1v) is 13.8. The van der Waals surface area contributed by atoms with Gasteiger partial charge in [0.2, 0.25) is 0 Å². The molecule has 0 bridgehead atoms. The molecule has 0 saturated carbocycles. The van der Waals surface area contributed by atoms with Crippen LogP contribution in [-0.2, 0) is 25.6 Å². The number of benzene rings is 3. The molecule has 0 aliphatic heterocycles.